The molecule has 0 radical (unpaired) electrons. The van der Waals surface area contributed by atoms with E-state index in [1.54, 1.807) is 20.4 Å². The molecule has 31 heavy (non-hydrogen) atoms. The molecule has 0 unspecified atom stereocenters. The number of benzene rings is 1. The summed E-state index contributed by atoms with van der Waals surface area (Å²) >= 11 is 0. The minimum Gasteiger partial charge on any atom is -0.497 e. The average molecular weight is 420 g/mol. The summed E-state index contributed by atoms with van der Waals surface area (Å²) < 4.78 is 10.9. The number of hydrogen-bond acceptors (Lipinski definition) is 7. The van der Waals surface area contributed by atoms with Crippen molar-refractivity contribution in [3.05, 3.63) is 59.5 Å². The van der Waals surface area contributed by atoms with Crippen LogP contribution in [0.3, 0.4) is 0 Å². The second-order valence-electron chi connectivity index (χ2n) is 7.76. The summed E-state index contributed by atoms with van der Waals surface area (Å²) in [7, 11) is 3.40. The highest BCUT2D eigenvalue weighted by Gasteiger charge is 2.22. The first-order valence-corrected chi connectivity index (χ1v) is 10.5. The number of aromatic nitrogens is 3. The Morgan fingerprint density at radius 2 is 1.77 bits per heavy atom. The lowest BCUT2D eigenvalue weighted by Gasteiger charge is -2.36. The third-order valence-electron chi connectivity index (χ3n) is 5.84. The van der Waals surface area contributed by atoms with E-state index in [2.05, 4.69) is 27.8 Å². The molecule has 1 fully saturated rings. The Kier molecular flexibility index (Phi) is 6.32. The topological polar surface area (TPSA) is 63.6 Å². The van der Waals surface area contributed by atoms with E-state index < -0.39 is 0 Å². The summed E-state index contributed by atoms with van der Waals surface area (Å²) in [6.07, 6.45) is 3.58. The molecule has 1 aliphatic heterocycles. The molecule has 0 saturated carbocycles. The number of nitrogens with zero attached hydrogens (tertiary/aromatic N) is 5. The number of methoxy groups -OCH3 is 2. The standard InChI is InChI=1S/C24H29N5O2/c1-17-18(2)26-23(19-6-5-9-25-15-19)27-24(17)29-12-10-28(11-13-29)16-20-14-21(30-3)7-8-22(20)31-4/h5-9,14-15H,10-13,16H2,1-4H3. The van der Waals surface area contributed by atoms with Gasteiger partial charge in [0.05, 0.1) is 14.2 Å². The molecule has 0 amide bonds. The van der Waals surface area contributed by atoms with Crippen molar-refractivity contribution in [3.63, 3.8) is 0 Å². The number of aryl methyl sites for hydroxylation is 1. The van der Waals surface area contributed by atoms with Crippen LogP contribution in [0.25, 0.3) is 11.4 Å². The molecule has 4 rings (SSSR count). The largest absolute Gasteiger partial charge is 0.497 e. The summed E-state index contributed by atoms with van der Waals surface area (Å²) in [4.78, 5) is 18.6. The molecular formula is C24H29N5O2. The van der Waals surface area contributed by atoms with E-state index in [9.17, 15) is 0 Å². The van der Waals surface area contributed by atoms with E-state index in [0.29, 0.717) is 0 Å². The van der Waals surface area contributed by atoms with Crippen LogP contribution >= 0.6 is 0 Å². The van der Waals surface area contributed by atoms with E-state index in [1.807, 2.05) is 37.4 Å². The Morgan fingerprint density at radius 3 is 2.45 bits per heavy atom. The lowest BCUT2D eigenvalue weighted by molar-refractivity contribution is 0.245. The number of anilines is 1. The first-order chi connectivity index (χ1) is 15.1. The first-order valence-electron chi connectivity index (χ1n) is 10.5. The summed E-state index contributed by atoms with van der Waals surface area (Å²) in [5, 5.41) is 0. The van der Waals surface area contributed by atoms with Gasteiger partial charge in [0.1, 0.15) is 17.3 Å². The Bertz CT molecular complexity index is 1030. The SMILES string of the molecule is COc1ccc(OC)c(CN2CCN(c3nc(-c4cccnc4)nc(C)c3C)CC2)c1. The smallest absolute Gasteiger partial charge is 0.163 e. The third kappa shape index (κ3) is 4.61. The van der Waals surface area contributed by atoms with Crippen molar-refractivity contribution in [3.8, 4) is 22.9 Å². The zero-order chi connectivity index (χ0) is 21.8. The summed E-state index contributed by atoms with van der Waals surface area (Å²) in [5.41, 5.74) is 4.22. The Balaban J connectivity index is 1.49. The van der Waals surface area contributed by atoms with Gasteiger partial charge in [-0.1, -0.05) is 0 Å². The maximum Gasteiger partial charge on any atom is 0.163 e. The fraction of sp³-hybridized carbons (Fsp3) is 0.375. The monoisotopic (exact) mass is 419 g/mol. The van der Waals surface area contributed by atoms with Gasteiger partial charge in [0, 0.05) is 67.5 Å². The predicted octanol–water partition coefficient (Wildman–Crippen LogP) is 3.49. The average Bonchev–Trinajstić information content (AvgIpc) is 2.82. The Hall–Kier alpha value is -3.19. The molecule has 162 valence electrons. The lowest BCUT2D eigenvalue weighted by atomic mass is 10.1. The minimum absolute atomic E-state index is 0.731. The summed E-state index contributed by atoms with van der Waals surface area (Å²) in [5.74, 6) is 3.50. The molecule has 0 spiro atoms. The second kappa shape index (κ2) is 9.31. The van der Waals surface area contributed by atoms with Crippen LogP contribution in [0.5, 0.6) is 11.5 Å². The second-order valence-corrected chi connectivity index (χ2v) is 7.76. The van der Waals surface area contributed by atoms with Crippen LogP contribution in [0.4, 0.5) is 5.82 Å². The molecule has 1 aromatic carbocycles. The minimum atomic E-state index is 0.731. The van der Waals surface area contributed by atoms with Crippen LogP contribution in [0.1, 0.15) is 16.8 Å². The molecule has 1 saturated heterocycles. The number of rotatable bonds is 6. The molecule has 0 bridgehead atoms. The van der Waals surface area contributed by atoms with E-state index in [1.165, 1.54) is 0 Å². The van der Waals surface area contributed by atoms with Crippen molar-refractivity contribution in [2.75, 3.05) is 45.3 Å². The molecule has 2 aromatic heterocycles. The fourth-order valence-electron chi connectivity index (χ4n) is 3.91. The van der Waals surface area contributed by atoms with Crippen molar-refractivity contribution >= 4 is 5.82 Å². The van der Waals surface area contributed by atoms with Gasteiger partial charge in [-0.3, -0.25) is 9.88 Å². The first kappa shape index (κ1) is 21.1. The Labute approximate surface area is 183 Å². The molecule has 7 nitrogen and oxygen atoms in total. The van der Waals surface area contributed by atoms with Crippen LogP contribution in [0.15, 0.2) is 42.7 Å². The molecule has 3 heterocycles. The maximum absolute atomic E-state index is 5.55. The van der Waals surface area contributed by atoms with Gasteiger partial charge in [-0.2, -0.15) is 0 Å². The van der Waals surface area contributed by atoms with Gasteiger partial charge < -0.3 is 14.4 Å². The molecule has 0 aliphatic carbocycles. The number of piperazine rings is 1. The van der Waals surface area contributed by atoms with Crippen LogP contribution in [0, 0.1) is 13.8 Å². The highest BCUT2D eigenvalue weighted by atomic mass is 16.5. The van der Waals surface area contributed by atoms with Gasteiger partial charge in [0.15, 0.2) is 5.82 Å². The van der Waals surface area contributed by atoms with Gasteiger partial charge in [-0.25, -0.2) is 9.97 Å². The van der Waals surface area contributed by atoms with E-state index >= 15 is 0 Å². The molecule has 3 aromatic rings. The lowest BCUT2D eigenvalue weighted by Crippen LogP contribution is -2.46. The highest BCUT2D eigenvalue weighted by molar-refractivity contribution is 5.59. The van der Waals surface area contributed by atoms with Gasteiger partial charge in [-0.05, 0) is 44.2 Å². The van der Waals surface area contributed by atoms with Crippen LogP contribution in [-0.4, -0.2) is 60.3 Å². The van der Waals surface area contributed by atoms with Crippen molar-refractivity contribution in [2.24, 2.45) is 0 Å². The van der Waals surface area contributed by atoms with Gasteiger partial charge in [0.25, 0.3) is 0 Å². The summed E-state index contributed by atoms with van der Waals surface area (Å²) in [6.45, 7) is 8.70. The van der Waals surface area contributed by atoms with E-state index in [4.69, 9.17) is 19.4 Å². The van der Waals surface area contributed by atoms with Crippen molar-refractivity contribution in [1.82, 2.24) is 19.9 Å². The van der Waals surface area contributed by atoms with Crippen LogP contribution in [0.2, 0.25) is 0 Å². The molecule has 0 N–H and O–H groups in total. The van der Waals surface area contributed by atoms with Crippen molar-refractivity contribution in [1.29, 1.82) is 0 Å². The van der Waals surface area contributed by atoms with Crippen LogP contribution in [-0.2, 0) is 6.54 Å². The van der Waals surface area contributed by atoms with E-state index in [0.717, 1.165) is 78.2 Å². The van der Waals surface area contributed by atoms with Gasteiger partial charge >= 0.3 is 0 Å². The van der Waals surface area contributed by atoms with Gasteiger partial charge in [-0.15, -0.1) is 0 Å². The summed E-state index contributed by atoms with van der Waals surface area (Å²) in [6, 6.07) is 9.88. The zero-order valence-electron chi connectivity index (χ0n) is 18.6. The number of ether oxygens (including phenoxy) is 2. The third-order valence-corrected chi connectivity index (χ3v) is 5.84. The van der Waals surface area contributed by atoms with Crippen molar-refractivity contribution < 1.29 is 9.47 Å². The molecule has 7 heteroatoms. The molecule has 0 atom stereocenters. The van der Waals surface area contributed by atoms with Gasteiger partial charge in [0.2, 0.25) is 0 Å². The maximum atomic E-state index is 5.55. The quantitative estimate of drug-likeness (QED) is 0.606. The normalized spacial score (nSPS) is 14.5. The molecular weight excluding hydrogens is 390 g/mol. The van der Waals surface area contributed by atoms with Crippen molar-refractivity contribution in [2.45, 2.75) is 20.4 Å². The predicted molar refractivity (Wildman–Crippen MR) is 122 cm³/mol. The Morgan fingerprint density at radius 1 is 0.968 bits per heavy atom. The molecule has 1 aliphatic rings. The highest BCUT2D eigenvalue weighted by Crippen LogP contribution is 2.28. The van der Waals surface area contributed by atoms with Crippen LogP contribution < -0.4 is 14.4 Å². The number of hydrogen-bond donors (Lipinski definition) is 0. The number of pyridine rings is 1. The fourth-order valence-corrected chi connectivity index (χ4v) is 3.91. The zero-order valence-corrected chi connectivity index (χ0v) is 18.6. The van der Waals surface area contributed by atoms with E-state index in [-0.39, 0.29) is 0 Å².